The van der Waals surface area contributed by atoms with Crippen molar-refractivity contribution in [2.24, 2.45) is 0 Å². The van der Waals surface area contributed by atoms with Gasteiger partial charge in [-0.15, -0.1) is 0 Å². The van der Waals surface area contributed by atoms with E-state index in [9.17, 15) is 23.5 Å². The number of hydrogen-bond acceptors (Lipinski definition) is 3. The number of benzene rings is 4. The van der Waals surface area contributed by atoms with Gasteiger partial charge in [0.15, 0.2) is 0 Å². The van der Waals surface area contributed by atoms with Crippen LogP contribution in [0.1, 0.15) is 44.8 Å². The average Bonchev–Trinajstić information content (AvgIpc) is 3.68. The van der Waals surface area contributed by atoms with Crippen molar-refractivity contribution >= 4 is 33.7 Å². The van der Waals surface area contributed by atoms with E-state index in [1.807, 2.05) is 41.1 Å². The Hall–Kier alpha value is -5.37. The molecule has 6 aromatic rings. The Kier molecular flexibility index (Phi) is 6.27. The molecule has 7 rings (SSSR count). The van der Waals surface area contributed by atoms with Crippen molar-refractivity contribution in [3.05, 3.63) is 137 Å². The van der Waals surface area contributed by atoms with Crippen molar-refractivity contribution in [1.82, 2.24) is 14.9 Å². The number of carbonyl (C=O) groups excluding carboxylic acids is 1. The van der Waals surface area contributed by atoms with Gasteiger partial charge in [0.05, 0.1) is 39.9 Å². The molecule has 1 fully saturated rings. The molecule has 0 bridgehead atoms. The Morgan fingerprint density at radius 2 is 1.53 bits per heavy atom. The van der Waals surface area contributed by atoms with Gasteiger partial charge in [0, 0.05) is 23.0 Å². The zero-order valence-electron chi connectivity index (χ0n) is 22.9. The molecule has 0 spiro atoms. The van der Waals surface area contributed by atoms with E-state index in [2.05, 4.69) is 10.3 Å². The minimum atomic E-state index is -1.01. The van der Waals surface area contributed by atoms with Crippen LogP contribution in [-0.2, 0) is 12.1 Å². The summed E-state index contributed by atoms with van der Waals surface area (Å²) in [7, 11) is 0. The van der Waals surface area contributed by atoms with Crippen LogP contribution in [0.4, 0.5) is 8.78 Å². The van der Waals surface area contributed by atoms with Crippen molar-refractivity contribution in [2.45, 2.75) is 24.9 Å². The molecule has 0 saturated heterocycles. The Morgan fingerprint density at radius 1 is 0.814 bits per heavy atom. The normalized spacial score (nSPS) is 13.7. The second kappa shape index (κ2) is 10.2. The van der Waals surface area contributed by atoms with Crippen molar-refractivity contribution < 1.29 is 23.5 Å². The first-order chi connectivity index (χ1) is 20.8. The molecule has 2 heterocycles. The molecule has 1 amide bonds. The number of aromatic nitrogens is 2. The first-order valence-corrected chi connectivity index (χ1v) is 13.9. The molecule has 2 N–H and O–H groups in total. The van der Waals surface area contributed by atoms with E-state index in [1.54, 1.807) is 42.5 Å². The summed E-state index contributed by atoms with van der Waals surface area (Å²) < 4.78 is 29.5. The molecule has 8 heteroatoms. The number of pyridine rings is 1. The van der Waals surface area contributed by atoms with Gasteiger partial charge in [-0.05, 0) is 90.2 Å². The van der Waals surface area contributed by atoms with E-state index in [4.69, 9.17) is 0 Å². The molecule has 0 aliphatic heterocycles. The molecule has 2 aromatic heterocycles. The van der Waals surface area contributed by atoms with Crippen LogP contribution in [0, 0.1) is 11.6 Å². The average molecular weight is 574 g/mol. The van der Waals surface area contributed by atoms with Gasteiger partial charge in [-0.2, -0.15) is 0 Å². The monoisotopic (exact) mass is 573 g/mol. The summed E-state index contributed by atoms with van der Waals surface area (Å²) in [6.07, 6.45) is 3.35. The summed E-state index contributed by atoms with van der Waals surface area (Å²) in [5.74, 6) is -1.99. The second-order valence-corrected chi connectivity index (χ2v) is 11.0. The largest absolute Gasteiger partial charge is 0.478 e. The summed E-state index contributed by atoms with van der Waals surface area (Å²) in [5.41, 5.74) is 4.40. The summed E-state index contributed by atoms with van der Waals surface area (Å²) >= 11 is 0. The van der Waals surface area contributed by atoms with Crippen LogP contribution < -0.4 is 5.32 Å². The first-order valence-electron chi connectivity index (χ1n) is 13.9. The van der Waals surface area contributed by atoms with Gasteiger partial charge in [0.2, 0.25) is 0 Å². The molecule has 1 aliphatic carbocycles. The topological polar surface area (TPSA) is 84.2 Å². The van der Waals surface area contributed by atoms with Gasteiger partial charge < -0.3 is 15.0 Å². The summed E-state index contributed by atoms with van der Waals surface area (Å²) in [6.45, 7) is 0.355. The number of hydrogen-bond donors (Lipinski definition) is 2. The van der Waals surface area contributed by atoms with E-state index in [0.29, 0.717) is 28.8 Å². The lowest BCUT2D eigenvalue weighted by Gasteiger charge is -2.20. The summed E-state index contributed by atoms with van der Waals surface area (Å²) in [5, 5.41) is 14.2. The van der Waals surface area contributed by atoms with Crippen LogP contribution in [-0.4, -0.2) is 26.5 Å². The van der Waals surface area contributed by atoms with E-state index in [0.717, 1.165) is 40.3 Å². The maximum absolute atomic E-state index is 14.1. The third-order valence-corrected chi connectivity index (χ3v) is 8.11. The van der Waals surface area contributed by atoms with Gasteiger partial charge in [-0.1, -0.05) is 30.3 Å². The van der Waals surface area contributed by atoms with E-state index in [-0.39, 0.29) is 23.1 Å². The van der Waals surface area contributed by atoms with Gasteiger partial charge in [0.25, 0.3) is 5.91 Å². The fraction of sp³-hybridized carbons (Fsp3) is 0.114. The van der Waals surface area contributed by atoms with Crippen LogP contribution in [0.15, 0.2) is 103 Å². The fourth-order valence-corrected chi connectivity index (χ4v) is 5.69. The molecule has 0 radical (unpaired) electrons. The minimum Gasteiger partial charge on any atom is -0.478 e. The van der Waals surface area contributed by atoms with Crippen LogP contribution in [0.2, 0.25) is 0 Å². The lowest BCUT2D eigenvalue weighted by molar-refractivity contribution is 0.0696. The molecule has 0 unspecified atom stereocenters. The Balaban J connectivity index is 1.29. The van der Waals surface area contributed by atoms with Crippen LogP contribution in [0.25, 0.3) is 32.9 Å². The van der Waals surface area contributed by atoms with Crippen molar-refractivity contribution in [2.75, 3.05) is 0 Å². The number of halogens is 2. The van der Waals surface area contributed by atoms with E-state index in [1.165, 1.54) is 24.3 Å². The number of fused-ring (bicyclic) bond motifs is 2. The molecular formula is C35H25F2N3O3. The first kappa shape index (κ1) is 26.5. The van der Waals surface area contributed by atoms with Crippen LogP contribution in [0.3, 0.4) is 0 Å². The molecular weight excluding hydrogens is 548 g/mol. The molecule has 43 heavy (non-hydrogen) atoms. The fourth-order valence-electron chi connectivity index (χ4n) is 5.69. The number of nitrogens with zero attached hydrogens (tertiary/aromatic N) is 2. The Morgan fingerprint density at radius 3 is 2.26 bits per heavy atom. The van der Waals surface area contributed by atoms with Crippen molar-refractivity contribution in [3.63, 3.8) is 0 Å². The Labute approximate surface area is 245 Å². The van der Waals surface area contributed by atoms with Crippen molar-refractivity contribution in [3.8, 4) is 11.1 Å². The minimum absolute atomic E-state index is 0.183. The van der Waals surface area contributed by atoms with Crippen molar-refractivity contribution in [1.29, 1.82) is 0 Å². The van der Waals surface area contributed by atoms with Crippen LogP contribution in [0.5, 0.6) is 0 Å². The maximum Gasteiger partial charge on any atom is 0.335 e. The molecule has 0 atom stereocenters. The number of carbonyl (C=O) groups is 2. The predicted molar refractivity (Wildman–Crippen MR) is 160 cm³/mol. The summed E-state index contributed by atoms with van der Waals surface area (Å²) in [4.78, 5) is 30.1. The maximum atomic E-state index is 14.1. The lowest BCUT2D eigenvalue weighted by Crippen LogP contribution is -2.35. The van der Waals surface area contributed by atoms with Gasteiger partial charge in [0.1, 0.15) is 11.6 Å². The highest BCUT2D eigenvalue weighted by molar-refractivity contribution is 6.08. The predicted octanol–water partition coefficient (Wildman–Crippen LogP) is 7.30. The van der Waals surface area contributed by atoms with E-state index >= 15 is 0 Å². The number of aromatic carboxylic acids is 1. The van der Waals surface area contributed by atoms with Crippen LogP contribution >= 0.6 is 0 Å². The Bertz CT molecular complexity index is 2050. The second-order valence-electron chi connectivity index (χ2n) is 11.0. The quantitative estimate of drug-likeness (QED) is 0.210. The SMILES string of the molecule is O=C(O)c1ccc(C2(NC(=O)c3cc(-c4ccc(F)cc4)cc4ccn(Cc5ccc6ccc(F)cc6n5)c34)CC2)cc1. The number of rotatable bonds is 7. The zero-order chi connectivity index (χ0) is 29.7. The number of carboxylic acids is 1. The molecule has 4 aromatic carbocycles. The third kappa shape index (κ3) is 5.01. The lowest BCUT2D eigenvalue weighted by atomic mass is 9.98. The van der Waals surface area contributed by atoms with Gasteiger partial charge in [-0.25, -0.2) is 13.6 Å². The highest BCUT2D eigenvalue weighted by atomic mass is 19.1. The molecule has 212 valence electrons. The third-order valence-electron chi connectivity index (χ3n) is 8.11. The number of carboxylic acid groups (broad SMARTS) is 1. The zero-order valence-corrected chi connectivity index (χ0v) is 22.9. The van der Waals surface area contributed by atoms with E-state index < -0.39 is 11.5 Å². The molecule has 6 nitrogen and oxygen atoms in total. The number of amides is 1. The smallest absolute Gasteiger partial charge is 0.335 e. The molecule has 1 saturated carbocycles. The molecule has 1 aliphatic rings. The standard InChI is InChI=1S/C35H25F2N3O3/c36-27-9-3-21(4-10-27)25-17-24-13-16-40(20-29-12-6-22-5-11-28(37)19-31(22)38-29)32(24)30(18-25)33(41)39-35(14-15-35)26-7-1-23(2-8-26)34(42)43/h1-13,16-19H,14-15,20H2,(H,39,41)(H,42,43). The highest BCUT2D eigenvalue weighted by Crippen LogP contribution is 2.46. The highest BCUT2D eigenvalue weighted by Gasteiger charge is 2.46. The van der Waals surface area contributed by atoms with Gasteiger partial charge >= 0.3 is 5.97 Å². The summed E-state index contributed by atoms with van der Waals surface area (Å²) in [6, 6.07) is 26.7. The van der Waals surface area contributed by atoms with Gasteiger partial charge in [-0.3, -0.25) is 9.78 Å². The number of nitrogens with one attached hydrogen (secondary N) is 1.